The number of hydrogen-bond donors (Lipinski definition) is 2. The van der Waals surface area contributed by atoms with E-state index in [1.807, 2.05) is 30.1 Å². The number of nitrogens with zero attached hydrogens (tertiary/aromatic N) is 2. The summed E-state index contributed by atoms with van der Waals surface area (Å²) < 4.78 is 1.99. The lowest BCUT2D eigenvalue weighted by Crippen LogP contribution is -2.44. The molecule has 0 bridgehead atoms. The van der Waals surface area contributed by atoms with Gasteiger partial charge in [0.1, 0.15) is 10.4 Å². The quantitative estimate of drug-likeness (QED) is 0.582. The molecule has 1 saturated heterocycles. The van der Waals surface area contributed by atoms with E-state index in [-0.39, 0.29) is 17.2 Å². The van der Waals surface area contributed by atoms with Gasteiger partial charge < -0.3 is 15.4 Å². The van der Waals surface area contributed by atoms with E-state index in [0.29, 0.717) is 4.91 Å². The zero-order valence-electron chi connectivity index (χ0n) is 12.3. The highest BCUT2D eigenvalue weighted by Crippen LogP contribution is 2.34. The molecule has 1 fully saturated rings. The van der Waals surface area contributed by atoms with Crippen molar-refractivity contribution in [3.8, 4) is 0 Å². The zero-order chi connectivity index (χ0) is 17.1. The van der Waals surface area contributed by atoms with Crippen LogP contribution < -0.4 is 5.73 Å². The van der Waals surface area contributed by atoms with Crippen molar-refractivity contribution >= 4 is 52.2 Å². The van der Waals surface area contributed by atoms with Crippen molar-refractivity contribution in [2.45, 2.75) is 18.9 Å². The van der Waals surface area contributed by atoms with Crippen LogP contribution >= 0.6 is 24.0 Å². The number of rotatable bonds is 6. The van der Waals surface area contributed by atoms with E-state index in [4.69, 9.17) is 18.0 Å². The average molecular weight is 353 g/mol. The summed E-state index contributed by atoms with van der Waals surface area (Å²) in [6, 6.07) is 0.630. The first-order valence-corrected chi connectivity index (χ1v) is 7.92. The number of hydrogen-bond acceptors (Lipinski definition) is 5. The van der Waals surface area contributed by atoms with E-state index < -0.39 is 23.8 Å². The lowest BCUT2D eigenvalue weighted by molar-refractivity contribution is -0.145. The molecule has 0 saturated carbocycles. The predicted octanol–water partition coefficient (Wildman–Crippen LogP) is 0.945. The molecule has 7 nitrogen and oxygen atoms in total. The standard InChI is InChI=1S/C14H15N3O4S2/c1-16-5-4-8(7-16)6-10-12(19)17(14(22)23-10)9(13(20)21)2-3-11(15)18/h4-7,9H,2-3H2,1H3,(H2,15,18)(H,20,21)/b10-6+/t9-/m0/s1. The van der Waals surface area contributed by atoms with Gasteiger partial charge in [0.05, 0.1) is 4.91 Å². The molecule has 0 radical (unpaired) electrons. The molecule has 1 aromatic rings. The van der Waals surface area contributed by atoms with Gasteiger partial charge in [-0.15, -0.1) is 0 Å². The number of amides is 2. The molecule has 2 amide bonds. The third-order valence-electron chi connectivity index (χ3n) is 3.24. The average Bonchev–Trinajstić information content (AvgIpc) is 2.96. The number of carboxylic acids is 1. The lowest BCUT2D eigenvalue weighted by Gasteiger charge is -2.22. The fourth-order valence-corrected chi connectivity index (χ4v) is 3.51. The molecule has 0 aliphatic carbocycles. The molecular weight excluding hydrogens is 338 g/mol. The van der Waals surface area contributed by atoms with E-state index in [2.05, 4.69) is 0 Å². The van der Waals surface area contributed by atoms with Gasteiger partial charge in [-0.25, -0.2) is 4.79 Å². The summed E-state index contributed by atoms with van der Waals surface area (Å²) in [4.78, 5) is 36.2. The van der Waals surface area contributed by atoms with Crippen LogP contribution in [0.4, 0.5) is 0 Å². The van der Waals surface area contributed by atoms with Crippen LogP contribution in [-0.4, -0.2) is 42.7 Å². The van der Waals surface area contributed by atoms with Crippen molar-refractivity contribution < 1.29 is 19.5 Å². The van der Waals surface area contributed by atoms with E-state index >= 15 is 0 Å². The molecule has 23 heavy (non-hydrogen) atoms. The first-order chi connectivity index (χ1) is 10.8. The number of carboxylic acid groups (broad SMARTS) is 1. The number of thioether (sulfide) groups is 1. The Morgan fingerprint density at radius 2 is 2.22 bits per heavy atom. The Labute approximate surface area is 142 Å². The molecule has 1 atom stereocenters. The second-order valence-corrected chi connectivity index (χ2v) is 6.70. The Balaban J connectivity index is 2.24. The van der Waals surface area contributed by atoms with Gasteiger partial charge in [-0.1, -0.05) is 24.0 Å². The summed E-state index contributed by atoms with van der Waals surface area (Å²) in [6.07, 6.45) is 5.11. The second-order valence-electron chi connectivity index (χ2n) is 5.02. The van der Waals surface area contributed by atoms with Gasteiger partial charge in [-0.3, -0.25) is 14.5 Å². The number of thiocarbonyl (C=S) groups is 1. The number of primary amides is 1. The summed E-state index contributed by atoms with van der Waals surface area (Å²) in [7, 11) is 1.85. The van der Waals surface area contributed by atoms with Crippen LogP contribution in [0.2, 0.25) is 0 Å². The largest absolute Gasteiger partial charge is 0.480 e. The van der Waals surface area contributed by atoms with Gasteiger partial charge >= 0.3 is 5.97 Å². The Hall–Kier alpha value is -2.13. The molecule has 2 rings (SSSR count). The van der Waals surface area contributed by atoms with Crippen LogP contribution in [0.5, 0.6) is 0 Å². The van der Waals surface area contributed by atoms with Crippen LogP contribution in [0.15, 0.2) is 23.4 Å². The number of aliphatic carboxylic acids is 1. The van der Waals surface area contributed by atoms with Crippen molar-refractivity contribution in [1.29, 1.82) is 0 Å². The monoisotopic (exact) mass is 353 g/mol. The maximum Gasteiger partial charge on any atom is 0.326 e. The number of nitrogens with two attached hydrogens (primary N) is 1. The first kappa shape index (κ1) is 17.2. The van der Waals surface area contributed by atoms with Gasteiger partial charge in [-0.05, 0) is 24.1 Å². The normalized spacial score (nSPS) is 17.8. The lowest BCUT2D eigenvalue weighted by atomic mass is 10.1. The summed E-state index contributed by atoms with van der Waals surface area (Å²) in [5, 5.41) is 9.32. The van der Waals surface area contributed by atoms with E-state index in [0.717, 1.165) is 22.2 Å². The number of aromatic nitrogens is 1. The Morgan fingerprint density at radius 1 is 1.52 bits per heavy atom. The molecule has 0 unspecified atom stereocenters. The zero-order valence-corrected chi connectivity index (χ0v) is 13.9. The summed E-state index contributed by atoms with van der Waals surface area (Å²) in [6.45, 7) is 0. The van der Waals surface area contributed by atoms with E-state index in [1.165, 1.54) is 0 Å². The molecule has 0 spiro atoms. The maximum absolute atomic E-state index is 12.5. The highest BCUT2D eigenvalue weighted by atomic mass is 32.2. The Morgan fingerprint density at radius 3 is 2.74 bits per heavy atom. The minimum absolute atomic E-state index is 0.0737. The smallest absolute Gasteiger partial charge is 0.326 e. The van der Waals surface area contributed by atoms with Crippen LogP contribution in [0.25, 0.3) is 6.08 Å². The molecule has 9 heteroatoms. The third kappa shape index (κ3) is 3.99. The van der Waals surface area contributed by atoms with Crippen LogP contribution in [0, 0.1) is 0 Å². The SMILES string of the molecule is Cn1ccc(/C=C2/SC(=S)N([C@@H](CCC(N)=O)C(=O)O)C2=O)c1. The Bertz CT molecular complexity index is 711. The highest BCUT2D eigenvalue weighted by molar-refractivity contribution is 8.26. The molecule has 2 heterocycles. The molecule has 1 aromatic heterocycles. The van der Waals surface area contributed by atoms with Crippen molar-refractivity contribution in [2.24, 2.45) is 12.8 Å². The fourth-order valence-electron chi connectivity index (χ4n) is 2.15. The van der Waals surface area contributed by atoms with Gasteiger partial charge in [0, 0.05) is 25.9 Å². The third-order valence-corrected chi connectivity index (χ3v) is 4.57. The predicted molar refractivity (Wildman–Crippen MR) is 90.3 cm³/mol. The molecule has 0 aromatic carbocycles. The van der Waals surface area contributed by atoms with Gasteiger partial charge in [-0.2, -0.15) is 0 Å². The van der Waals surface area contributed by atoms with Gasteiger partial charge in [0.15, 0.2) is 0 Å². The molecule has 1 aliphatic rings. The van der Waals surface area contributed by atoms with Crippen molar-refractivity contribution in [1.82, 2.24) is 9.47 Å². The van der Waals surface area contributed by atoms with Crippen LogP contribution in [0.3, 0.4) is 0 Å². The van der Waals surface area contributed by atoms with Crippen molar-refractivity contribution in [3.63, 3.8) is 0 Å². The molecule has 3 N–H and O–H groups in total. The second kappa shape index (κ2) is 6.97. The topological polar surface area (TPSA) is 106 Å². The van der Waals surface area contributed by atoms with E-state index in [1.54, 1.807) is 6.08 Å². The minimum Gasteiger partial charge on any atom is -0.480 e. The summed E-state index contributed by atoms with van der Waals surface area (Å²) >= 11 is 6.18. The number of aryl methyl sites for hydroxylation is 1. The molecule has 122 valence electrons. The van der Waals surface area contributed by atoms with Gasteiger partial charge in [0.25, 0.3) is 5.91 Å². The highest BCUT2D eigenvalue weighted by Gasteiger charge is 2.40. The summed E-state index contributed by atoms with van der Waals surface area (Å²) in [5.41, 5.74) is 5.87. The molecular formula is C14H15N3O4S2. The molecule has 1 aliphatic heterocycles. The Kier molecular flexibility index (Phi) is 5.22. The summed E-state index contributed by atoms with van der Waals surface area (Å²) in [5.74, 6) is -2.31. The fraction of sp³-hybridized carbons (Fsp3) is 0.286. The maximum atomic E-state index is 12.5. The van der Waals surface area contributed by atoms with Crippen molar-refractivity contribution in [3.05, 3.63) is 28.9 Å². The van der Waals surface area contributed by atoms with E-state index in [9.17, 15) is 19.5 Å². The van der Waals surface area contributed by atoms with Crippen molar-refractivity contribution in [2.75, 3.05) is 0 Å². The minimum atomic E-state index is -1.22. The number of carbonyl (C=O) groups is 3. The van der Waals surface area contributed by atoms with Crippen LogP contribution in [-0.2, 0) is 21.4 Å². The van der Waals surface area contributed by atoms with Crippen LogP contribution in [0.1, 0.15) is 18.4 Å². The number of carbonyl (C=O) groups excluding carboxylic acids is 2. The first-order valence-electron chi connectivity index (χ1n) is 6.69. The van der Waals surface area contributed by atoms with Gasteiger partial charge in [0.2, 0.25) is 5.91 Å².